The summed E-state index contributed by atoms with van der Waals surface area (Å²) in [6.07, 6.45) is 5.29. The van der Waals surface area contributed by atoms with Gasteiger partial charge in [-0.2, -0.15) is 0 Å². The predicted molar refractivity (Wildman–Crippen MR) is 61.5 cm³/mol. The number of aryl methyl sites for hydroxylation is 1. The summed E-state index contributed by atoms with van der Waals surface area (Å²) in [5.74, 6) is 0.729. The number of nitrogens with zero attached hydrogens (tertiary/aromatic N) is 1. The fraction of sp³-hybridized carbons (Fsp3) is 0.615. The molecule has 0 radical (unpaired) electrons. The Morgan fingerprint density at radius 3 is 2.43 bits per heavy atom. The van der Waals surface area contributed by atoms with E-state index in [1.165, 1.54) is 23.2 Å². The van der Waals surface area contributed by atoms with Crippen molar-refractivity contribution in [1.82, 2.24) is 4.98 Å². The molecule has 0 saturated heterocycles. The molecule has 0 fully saturated rings. The first-order valence-electron chi connectivity index (χ1n) is 5.64. The maximum absolute atomic E-state index is 4.44. The first kappa shape index (κ1) is 11.2. The molecule has 0 unspecified atom stereocenters. The van der Waals surface area contributed by atoms with Gasteiger partial charge in [0.25, 0.3) is 0 Å². The van der Waals surface area contributed by atoms with E-state index >= 15 is 0 Å². The van der Waals surface area contributed by atoms with E-state index in [-0.39, 0.29) is 0 Å². The largest absolute Gasteiger partial charge is 0.261 e. The van der Waals surface area contributed by atoms with Gasteiger partial charge in [-0.15, -0.1) is 0 Å². The lowest BCUT2D eigenvalue weighted by atomic mass is 9.95. The first-order chi connectivity index (χ1) is 6.69. The second-order valence-electron chi connectivity index (χ2n) is 4.20. The van der Waals surface area contributed by atoms with Gasteiger partial charge >= 0.3 is 0 Å². The van der Waals surface area contributed by atoms with Crippen molar-refractivity contribution < 1.29 is 0 Å². The second-order valence-corrected chi connectivity index (χ2v) is 4.20. The molecule has 14 heavy (non-hydrogen) atoms. The van der Waals surface area contributed by atoms with Gasteiger partial charge in [-0.1, -0.05) is 27.7 Å². The van der Waals surface area contributed by atoms with Crippen LogP contribution in [0.4, 0.5) is 0 Å². The van der Waals surface area contributed by atoms with E-state index < -0.39 is 0 Å². The summed E-state index contributed by atoms with van der Waals surface area (Å²) in [5, 5.41) is 0. The molecule has 1 nitrogen and oxygen atoms in total. The van der Waals surface area contributed by atoms with Crippen LogP contribution in [0.1, 0.15) is 44.5 Å². The SMILES string of the molecule is CCc1nccc(CC(C)C)c1CC. The topological polar surface area (TPSA) is 12.9 Å². The molecule has 1 heterocycles. The van der Waals surface area contributed by atoms with Crippen LogP contribution in [0.25, 0.3) is 0 Å². The fourth-order valence-corrected chi connectivity index (χ4v) is 1.95. The van der Waals surface area contributed by atoms with Crippen molar-refractivity contribution >= 4 is 0 Å². The lowest BCUT2D eigenvalue weighted by Gasteiger charge is -2.13. The third kappa shape index (κ3) is 2.57. The van der Waals surface area contributed by atoms with Crippen LogP contribution >= 0.6 is 0 Å². The number of pyridine rings is 1. The summed E-state index contributed by atoms with van der Waals surface area (Å²) in [6.45, 7) is 8.94. The van der Waals surface area contributed by atoms with E-state index in [0.29, 0.717) is 0 Å². The summed E-state index contributed by atoms with van der Waals surface area (Å²) in [4.78, 5) is 4.44. The molecule has 0 N–H and O–H groups in total. The molecule has 0 aliphatic heterocycles. The standard InChI is InChI=1S/C13H21N/c1-5-12-11(9-10(3)4)7-8-14-13(12)6-2/h7-8,10H,5-6,9H2,1-4H3. The molecule has 0 spiro atoms. The molecule has 0 amide bonds. The Balaban J connectivity index is 3.02. The Bertz CT molecular complexity index is 289. The Hall–Kier alpha value is -0.850. The summed E-state index contributed by atoms with van der Waals surface area (Å²) in [6, 6.07) is 2.18. The molecule has 78 valence electrons. The van der Waals surface area contributed by atoms with Gasteiger partial charge in [-0.05, 0) is 42.4 Å². The molecular weight excluding hydrogens is 170 g/mol. The zero-order valence-electron chi connectivity index (χ0n) is 9.80. The van der Waals surface area contributed by atoms with Gasteiger partial charge in [-0.25, -0.2) is 0 Å². The van der Waals surface area contributed by atoms with Crippen molar-refractivity contribution in [2.24, 2.45) is 5.92 Å². The number of hydrogen-bond donors (Lipinski definition) is 0. The third-order valence-electron chi connectivity index (χ3n) is 2.56. The number of aromatic nitrogens is 1. The van der Waals surface area contributed by atoms with Gasteiger partial charge in [-0.3, -0.25) is 4.98 Å². The molecule has 1 aromatic heterocycles. The maximum atomic E-state index is 4.44. The van der Waals surface area contributed by atoms with E-state index in [2.05, 4.69) is 38.7 Å². The van der Waals surface area contributed by atoms with Gasteiger partial charge in [0.1, 0.15) is 0 Å². The molecular formula is C13H21N. The molecule has 0 aromatic carbocycles. The van der Waals surface area contributed by atoms with E-state index in [4.69, 9.17) is 0 Å². The molecule has 1 heteroatoms. The maximum Gasteiger partial charge on any atom is 0.0435 e. The minimum Gasteiger partial charge on any atom is -0.261 e. The molecule has 0 saturated carbocycles. The zero-order chi connectivity index (χ0) is 10.6. The Kier molecular flexibility index (Phi) is 4.12. The van der Waals surface area contributed by atoms with E-state index in [1.54, 1.807) is 0 Å². The number of hydrogen-bond acceptors (Lipinski definition) is 1. The summed E-state index contributed by atoms with van der Waals surface area (Å²) in [5.41, 5.74) is 4.25. The van der Waals surface area contributed by atoms with Crippen LogP contribution in [0, 0.1) is 5.92 Å². The smallest absolute Gasteiger partial charge is 0.0435 e. The fourth-order valence-electron chi connectivity index (χ4n) is 1.95. The van der Waals surface area contributed by atoms with Crippen molar-refractivity contribution in [3.8, 4) is 0 Å². The molecule has 0 aliphatic carbocycles. The van der Waals surface area contributed by atoms with Crippen LogP contribution in [0.2, 0.25) is 0 Å². The average Bonchev–Trinajstić information content (AvgIpc) is 2.16. The summed E-state index contributed by atoms with van der Waals surface area (Å²) in [7, 11) is 0. The highest BCUT2D eigenvalue weighted by atomic mass is 14.7. The van der Waals surface area contributed by atoms with Gasteiger partial charge in [0.15, 0.2) is 0 Å². The molecule has 0 aliphatic rings. The normalized spacial score (nSPS) is 10.9. The van der Waals surface area contributed by atoms with Crippen LogP contribution in [-0.2, 0) is 19.3 Å². The van der Waals surface area contributed by atoms with Crippen molar-refractivity contribution in [1.29, 1.82) is 0 Å². The van der Waals surface area contributed by atoms with E-state index in [9.17, 15) is 0 Å². The minimum atomic E-state index is 0.729. The van der Waals surface area contributed by atoms with Crippen LogP contribution in [0.5, 0.6) is 0 Å². The molecule has 1 aromatic rings. The van der Waals surface area contributed by atoms with Crippen LogP contribution in [0.3, 0.4) is 0 Å². The van der Waals surface area contributed by atoms with Crippen LogP contribution in [0.15, 0.2) is 12.3 Å². The molecule has 0 atom stereocenters. The summed E-state index contributed by atoms with van der Waals surface area (Å²) >= 11 is 0. The second kappa shape index (κ2) is 5.14. The van der Waals surface area contributed by atoms with Crippen molar-refractivity contribution in [2.75, 3.05) is 0 Å². The van der Waals surface area contributed by atoms with Gasteiger partial charge in [0.2, 0.25) is 0 Å². The van der Waals surface area contributed by atoms with Crippen LogP contribution in [-0.4, -0.2) is 4.98 Å². The van der Waals surface area contributed by atoms with Crippen molar-refractivity contribution in [2.45, 2.75) is 47.0 Å². The Morgan fingerprint density at radius 1 is 1.21 bits per heavy atom. The Labute approximate surface area is 87.6 Å². The Morgan fingerprint density at radius 2 is 1.93 bits per heavy atom. The van der Waals surface area contributed by atoms with Gasteiger partial charge in [0, 0.05) is 11.9 Å². The zero-order valence-corrected chi connectivity index (χ0v) is 9.80. The first-order valence-corrected chi connectivity index (χ1v) is 5.64. The number of rotatable bonds is 4. The lowest BCUT2D eigenvalue weighted by molar-refractivity contribution is 0.640. The summed E-state index contributed by atoms with van der Waals surface area (Å²) < 4.78 is 0. The van der Waals surface area contributed by atoms with E-state index in [1.807, 2.05) is 6.20 Å². The van der Waals surface area contributed by atoms with Crippen LogP contribution < -0.4 is 0 Å². The minimum absolute atomic E-state index is 0.729. The molecule has 1 rings (SSSR count). The monoisotopic (exact) mass is 191 g/mol. The quantitative estimate of drug-likeness (QED) is 0.710. The highest BCUT2D eigenvalue weighted by Gasteiger charge is 2.07. The average molecular weight is 191 g/mol. The van der Waals surface area contributed by atoms with Gasteiger partial charge < -0.3 is 0 Å². The third-order valence-corrected chi connectivity index (χ3v) is 2.56. The van der Waals surface area contributed by atoms with Crippen molar-refractivity contribution in [3.05, 3.63) is 29.1 Å². The highest BCUT2D eigenvalue weighted by molar-refractivity contribution is 5.30. The lowest BCUT2D eigenvalue weighted by Crippen LogP contribution is -2.04. The predicted octanol–water partition coefficient (Wildman–Crippen LogP) is 3.40. The highest BCUT2D eigenvalue weighted by Crippen LogP contribution is 2.17. The molecule has 0 bridgehead atoms. The van der Waals surface area contributed by atoms with Gasteiger partial charge in [0.05, 0.1) is 0 Å². The van der Waals surface area contributed by atoms with E-state index in [0.717, 1.165) is 18.8 Å². The van der Waals surface area contributed by atoms with Crippen molar-refractivity contribution in [3.63, 3.8) is 0 Å².